The van der Waals surface area contributed by atoms with E-state index >= 15 is 0 Å². The summed E-state index contributed by atoms with van der Waals surface area (Å²) in [5, 5.41) is 22.7. The van der Waals surface area contributed by atoms with Crippen molar-refractivity contribution < 1.29 is 14.6 Å². The Hall–Kier alpha value is -2.19. The average Bonchev–Trinajstić information content (AvgIpc) is 2.97. The summed E-state index contributed by atoms with van der Waals surface area (Å²) in [6.45, 7) is 0.0942. The van der Waals surface area contributed by atoms with Crippen molar-refractivity contribution in [2.45, 2.75) is 6.10 Å². The van der Waals surface area contributed by atoms with Crippen LogP contribution in [0.15, 0.2) is 29.8 Å². The number of hydrogen-bond acceptors (Lipinski definition) is 6. The van der Waals surface area contributed by atoms with E-state index in [1.54, 1.807) is 31.4 Å². The average molecular weight is 294 g/mol. The van der Waals surface area contributed by atoms with E-state index in [-0.39, 0.29) is 6.54 Å². The third-order valence-electron chi connectivity index (χ3n) is 2.54. The molecule has 0 aliphatic heterocycles. The van der Waals surface area contributed by atoms with Gasteiger partial charge in [0.2, 0.25) is 5.13 Å². The number of benzene rings is 1. The highest BCUT2D eigenvalue weighted by molar-refractivity contribution is 7.13. The molecule has 1 atom stereocenters. The molecule has 20 heavy (non-hydrogen) atoms. The lowest BCUT2D eigenvalue weighted by molar-refractivity contribution is 0.175. The Morgan fingerprint density at radius 1 is 1.45 bits per heavy atom. The lowest BCUT2D eigenvalue weighted by Gasteiger charge is -2.12. The first-order valence-electron chi connectivity index (χ1n) is 5.82. The second-order valence-corrected chi connectivity index (χ2v) is 4.70. The van der Waals surface area contributed by atoms with E-state index in [1.165, 1.54) is 16.8 Å². The maximum absolute atomic E-state index is 11.5. The predicted octanol–water partition coefficient (Wildman–Crippen LogP) is 1.40. The van der Waals surface area contributed by atoms with Crippen LogP contribution in [0.4, 0.5) is 9.93 Å². The Morgan fingerprint density at radius 2 is 2.20 bits per heavy atom. The standard InChI is InChI=1S/C12H14N4O3S/c1-19-9-4-2-8(3-5-9)10(17)6-13-11(18)15-12-16-14-7-20-12/h2-5,7,10,17H,6H2,1H3,(H2,13,15,16,18)/t10-/m0/s1. The Labute approximate surface area is 119 Å². The molecule has 0 bridgehead atoms. The quantitative estimate of drug-likeness (QED) is 0.774. The summed E-state index contributed by atoms with van der Waals surface area (Å²) in [6.07, 6.45) is -0.791. The number of hydrogen-bond donors (Lipinski definition) is 3. The molecule has 0 aliphatic carbocycles. The van der Waals surface area contributed by atoms with Gasteiger partial charge in [-0.2, -0.15) is 0 Å². The Bertz CT molecular complexity index is 544. The number of amides is 2. The first-order valence-corrected chi connectivity index (χ1v) is 6.70. The SMILES string of the molecule is COc1ccc([C@@H](O)CNC(=O)Nc2nncs2)cc1. The molecule has 1 heterocycles. The number of carbonyl (C=O) groups is 1. The molecule has 2 rings (SSSR count). The minimum atomic E-state index is -0.791. The lowest BCUT2D eigenvalue weighted by atomic mass is 10.1. The molecule has 0 saturated carbocycles. The predicted molar refractivity (Wildman–Crippen MR) is 74.9 cm³/mol. The number of nitrogens with one attached hydrogen (secondary N) is 2. The van der Waals surface area contributed by atoms with Crippen molar-refractivity contribution in [3.05, 3.63) is 35.3 Å². The summed E-state index contributed by atoms with van der Waals surface area (Å²) in [5.41, 5.74) is 2.21. The van der Waals surface area contributed by atoms with Gasteiger partial charge in [-0.3, -0.25) is 5.32 Å². The van der Waals surface area contributed by atoms with Gasteiger partial charge >= 0.3 is 6.03 Å². The highest BCUT2D eigenvalue weighted by atomic mass is 32.1. The molecule has 8 heteroatoms. The number of aromatic nitrogens is 2. The Kier molecular flexibility index (Phi) is 4.85. The molecule has 7 nitrogen and oxygen atoms in total. The van der Waals surface area contributed by atoms with Gasteiger partial charge in [0.15, 0.2) is 0 Å². The van der Waals surface area contributed by atoms with Crippen molar-refractivity contribution in [2.24, 2.45) is 0 Å². The molecule has 1 aromatic carbocycles. The largest absolute Gasteiger partial charge is 0.497 e. The fourth-order valence-electron chi connectivity index (χ4n) is 1.50. The van der Waals surface area contributed by atoms with Gasteiger partial charge in [0, 0.05) is 6.54 Å². The summed E-state index contributed by atoms with van der Waals surface area (Å²) in [6, 6.07) is 6.55. The summed E-state index contributed by atoms with van der Waals surface area (Å²) >= 11 is 1.22. The monoisotopic (exact) mass is 294 g/mol. The van der Waals surface area contributed by atoms with Crippen molar-refractivity contribution in [1.82, 2.24) is 15.5 Å². The van der Waals surface area contributed by atoms with Gasteiger partial charge in [0.05, 0.1) is 13.2 Å². The van der Waals surface area contributed by atoms with Crippen molar-refractivity contribution in [2.75, 3.05) is 19.0 Å². The third-order valence-corrected chi connectivity index (χ3v) is 3.14. The molecule has 0 unspecified atom stereocenters. The fraction of sp³-hybridized carbons (Fsp3) is 0.250. The number of carbonyl (C=O) groups excluding carboxylic acids is 1. The van der Waals surface area contributed by atoms with Gasteiger partial charge in [-0.05, 0) is 17.7 Å². The molecule has 0 fully saturated rings. The van der Waals surface area contributed by atoms with Crippen LogP contribution < -0.4 is 15.4 Å². The smallest absolute Gasteiger partial charge is 0.321 e. The first kappa shape index (κ1) is 14.2. The minimum Gasteiger partial charge on any atom is -0.497 e. The number of anilines is 1. The maximum Gasteiger partial charge on any atom is 0.321 e. The molecular formula is C12H14N4O3S. The molecule has 106 valence electrons. The number of ether oxygens (including phenoxy) is 1. The normalized spacial score (nSPS) is 11.7. The topological polar surface area (TPSA) is 96.4 Å². The van der Waals surface area contributed by atoms with E-state index in [4.69, 9.17) is 4.74 Å². The second-order valence-electron chi connectivity index (χ2n) is 3.87. The number of nitrogens with zero attached hydrogens (tertiary/aromatic N) is 2. The van der Waals surface area contributed by atoms with Crippen molar-refractivity contribution >= 4 is 22.5 Å². The summed E-state index contributed by atoms with van der Waals surface area (Å²) < 4.78 is 5.03. The molecule has 0 saturated heterocycles. The van der Waals surface area contributed by atoms with E-state index in [0.29, 0.717) is 16.4 Å². The van der Waals surface area contributed by atoms with Crippen molar-refractivity contribution in [3.8, 4) is 5.75 Å². The van der Waals surface area contributed by atoms with E-state index < -0.39 is 12.1 Å². The molecule has 0 spiro atoms. The van der Waals surface area contributed by atoms with Gasteiger partial charge in [-0.1, -0.05) is 23.5 Å². The highest BCUT2D eigenvalue weighted by Gasteiger charge is 2.10. The minimum absolute atomic E-state index is 0.0942. The summed E-state index contributed by atoms with van der Waals surface area (Å²) in [5.74, 6) is 0.711. The molecule has 0 radical (unpaired) electrons. The van der Waals surface area contributed by atoms with Crippen LogP contribution in [0.1, 0.15) is 11.7 Å². The molecule has 2 aromatic rings. The van der Waals surface area contributed by atoms with Gasteiger partial charge < -0.3 is 15.2 Å². The second kappa shape index (κ2) is 6.83. The number of aliphatic hydroxyl groups excluding tert-OH is 1. The van der Waals surface area contributed by atoms with Crippen LogP contribution in [0.5, 0.6) is 5.75 Å². The van der Waals surface area contributed by atoms with Crippen molar-refractivity contribution in [1.29, 1.82) is 0 Å². The van der Waals surface area contributed by atoms with Crippen LogP contribution in [0.25, 0.3) is 0 Å². The van der Waals surface area contributed by atoms with Gasteiger partial charge in [-0.15, -0.1) is 10.2 Å². The van der Waals surface area contributed by atoms with Crippen molar-refractivity contribution in [3.63, 3.8) is 0 Å². The third kappa shape index (κ3) is 3.90. The zero-order valence-electron chi connectivity index (χ0n) is 10.7. The first-order chi connectivity index (χ1) is 9.69. The Balaban J connectivity index is 1.81. The lowest BCUT2D eigenvalue weighted by Crippen LogP contribution is -2.32. The number of methoxy groups -OCH3 is 1. The summed E-state index contributed by atoms with van der Waals surface area (Å²) in [7, 11) is 1.57. The van der Waals surface area contributed by atoms with Crippen LogP contribution in [-0.2, 0) is 0 Å². The summed E-state index contributed by atoms with van der Waals surface area (Å²) in [4.78, 5) is 11.5. The molecule has 2 amide bonds. The fourth-order valence-corrected chi connectivity index (χ4v) is 1.94. The maximum atomic E-state index is 11.5. The van der Waals surface area contributed by atoms with Gasteiger partial charge in [-0.25, -0.2) is 4.79 Å². The molecule has 1 aromatic heterocycles. The van der Waals surface area contributed by atoms with E-state index in [0.717, 1.165) is 0 Å². The number of aliphatic hydroxyl groups is 1. The molecule has 3 N–H and O–H groups in total. The van der Waals surface area contributed by atoms with Gasteiger partial charge in [0.25, 0.3) is 0 Å². The van der Waals surface area contributed by atoms with E-state index in [9.17, 15) is 9.90 Å². The molecular weight excluding hydrogens is 280 g/mol. The molecule has 0 aliphatic rings. The number of urea groups is 1. The zero-order chi connectivity index (χ0) is 14.4. The van der Waals surface area contributed by atoms with Crippen LogP contribution in [-0.4, -0.2) is 35.0 Å². The van der Waals surface area contributed by atoms with E-state index in [1.807, 2.05) is 0 Å². The highest BCUT2D eigenvalue weighted by Crippen LogP contribution is 2.17. The van der Waals surface area contributed by atoms with Crippen LogP contribution in [0, 0.1) is 0 Å². The van der Waals surface area contributed by atoms with Crippen LogP contribution >= 0.6 is 11.3 Å². The van der Waals surface area contributed by atoms with Crippen LogP contribution in [0.3, 0.4) is 0 Å². The number of rotatable bonds is 5. The van der Waals surface area contributed by atoms with E-state index in [2.05, 4.69) is 20.8 Å². The zero-order valence-corrected chi connectivity index (χ0v) is 11.6. The van der Waals surface area contributed by atoms with Gasteiger partial charge in [0.1, 0.15) is 11.3 Å². The Morgan fingerprint density at radius 3 is 2.80 bits per heavy atom. The van der Waals surface area contributed by atoms with Crippen LogP contribution in [0.2, 0.25) is 0 Å².